The second-order valence-electron chi connectivity index (χ2n) is 34.5. The number of amides is 8. The maximum absolute atomic E-state index is 13.5. The zero-order valence-corrected chi connectivity index (χ0v) is 72.4. The summed E-state index contributed by atoms with van der Waals surface area (Å²) in [6, 6.07) is 44.9. The molecule has 0 saturated heterocycles. The molecule has 8 aromatic carbocycles. The van der Waals surface area contributed by atoms with Gasteiger partial charge in [-0.1, -0.05) is 171 Å². The summed E-state index contributed by atoms with van der Waals surface area (Å²) in [7, 11) is 3.21. The van der Waals surface area contributed by atoms with Crippen LogP contribution in [-0.2, 0) is 38.4 Å². The van der Waals surface area contributed by atoms with E-state index in [4.69, 9.17) is 9.47 Å². The number of hydrogen-bond acceptors (Lipinski definition) is 10. The SMILES string of the molecule is CC(C)c1cccc2c1C1=C/C(=C3/C=C4c5c(cccc5C(C)C)C=CN4C3=O)C(=O)N1C=C2.COc1cccc2c1C1=C/C(=C3/C=C4c5c(cccc5OC)C=CN4C3=O)C(=O)N1C=C2.Cc1cc(C)c2c(c1)C=CN1C(=O)/C(=C3\C=C4c5c(C)cc(C)cc5C=CN4C3=O)C=C21.Cc1ccc2c(c1)C=CN1C(=O)/C(=C3\C=C4c5ccc(C)cc5C=CN4C3=O)C=C21. The van der Waals surface area contributed by atoms with Crippen molar-refractivity contribution in [2.75, 3.05) is 14.2 Å². The number of ether oxygens (including phenoxy) is 2. The number of nitrogens with zero attached hydrogens (tertiary/aromatic N) is 8. The molecule has 16 aliphatic heterocycles. The van der Waals surface area contributed by atoms with Crippen LogP contribution in [0.5, 0.6) is 11.5 Å². The van der Waals surface area contributed by atoms with E-state index in [1.54, 1.807) is 90.4 Å². The van der Waals surface area contributed by atoms with Crippen LogP contribution in [0.25, 0.3) is 94.2 Å². The number of carbonyl (C=O) groups excluding carboxylic acids is 8. The lowest BCUT2D eigenvalue weighted by molar-refractivity contribution is -0.123. The molecule has 0 spiro atoms. The van der Waals surface area contributed by atoms with Crippen LogP contribution in [0, 0.1) is 41.5 Å². The van der Waals surface area contributed by atoms with E-state index in [0.29, 0.717) is 79.3 Å². The molecule has 624 valence electrons. The molecule has 0 aliphatic carbocycles. The molecular formula is C110H84N8O10. The van der Waals surface area contributed by atoms with Gasteiger partial charge in [0.05, 0.1) is 104 Å². The lowest BCUT2D eigenvalue weighted by atomic mass is 9.89. The first-order chi connectivity index (χ1) is 61.8. The summed E-state index contributed by atoms with van der Waals surface area (Å²) in [6.45, 7) is 21.0. The summed E-state index contributed by atoms with van der Waals surface area (Å²) in [5.74, 6) is 0.546. The summed E-state index contributed by atoms with van der Waals surface area (Å²) in [5, 5.41) is 0. The molecule has 8 aromatic rings. The van der Waals surface area contributed by atoms with Crippen molar-refractivity contribution in [2.45, 2.75) is 81.1 Å². The summed E-state index contributed by atoms with van der Waals surface area (Å²) >= 11 is 0. The van der Waals surface area contributed by atoms with Crippen LogP contribution in [0.15, 0.2) is 276 Å². The molecule has 18 nitrogen and oxygen atoms in total. The summed E-state index contributed by atoms with van der Waals surface area (Å²) in [4.78, 5) is 120. The number of rotatable bonds is 4. The van der Waals surface area contributed by atoms with Crippen molar-refractivity contribution >= 4 is 141 Å². The van der Waals surface area contributed by atoms with E-state index in [0.717, 1.165) is 134 Å². The van der Waals surface area contributed by atoms with Gasteiger partial charge in [-0.2, -0.15) is 0 Å². The fraction of sp³-hybridized carbons (Fsp3) is 0.127. The van der Waals surface area contributed by atoms with Gasteiger partial charge in [-0.25, -0.2) is 0 Å². The third kappa shape index (κ3) is 12.3. The van der Waals surface area contributed by atoms with Crippen LogP contribution >= 0.6 is 0 Å². The zero-order valence-electron chi connectivity index (χ0n) is 72.4. The Balaban J connectivity index is 0.000000104. The molecule has 0 atom stereocenters. The van der Waals surface area contributed by atoms with Gasteiger partial charge in [0.2, 0.25) is 0 Å². The first kappa shape index (κ1) is 79.1. The Morgan fingerprint density at radius 3 is 0.758 bits per heavy atom. The molecule has 0 saturated carbocycles. The molecule has 18 heteroatoms. The molecule has 16 heterocycles. The van der Waals surface area contributed by atoms with Crippen molar-refractivity contribution in [2.24, 2.45) is 0 Å². The average molecular weight is 1680 g/mol. The molecule has 0 N–H and O–H groups in total. The maximum Gasteiger partial charge on any atom is 0.263 e. The topological polar surface area (TPSA) is 181 Å². The number of carbonyl (C=O) groups is 8. The smallest absolute Gasteiger partial charge is 0.263 e. The molecule has 128 heavy (non-hydrogen) atoms. The highest BCUT2D eigenvalue weighted by atomic mass is 16.5. The molecule has 0 fully saturated rings. The quantitative estimate of drug-likeness (QED) is 0.154. The van der Waals surface area contributed by atoms with Crippen LogP contribution in [0.4, 0.5) is 0 Å². The minimum atomic E-state index is -0.239. The van der Waals surface area contributed by atoms with Crippen molar-refractivity contribution < 1.29 is 47.8 Å². The minimum absolute atomic E-state index is 0.156. The molecule has 8 amide bonds. The first-order valence-electron chi connectivity index (χ1n) is 42.7. The largest absolute Gasteiger partial charge is 0.496 e. The van der Waals surface area contributed by atoms with Gasteiger partial charge in [0.1, 0.15) is 11.5 Å². The van der Waals surface area contributed by atoms with Crippen LogP contribution < -0.4 is 9.47 Å². The van der Waals surface area contributed by atoms with Gasteiger partial charge >= 0.3 is 0 Å². The molecular weight excluding hydrogens is 1590 g/mol. The minimum Gasteiger partial charge on any atom is -0.496 e. The third-order valence-electron chi connectivity index (χ3n) is 25.9. The maximum atomic E-state index is 13.5. The van der Waals surface area contributed by atoms with Crippen molar-refractivity contribution in [1.29, 1.82) is 0 Å². The fourth-order valence-electron chi connectivity index (χ4n) is 19.9. The lowest BCUT2D eigenvalue weighted by Gasteiger charge is -2.26. The van der Waals surface area contributed by atoms with Crippen LogP contribution in [-0.4, -0.2) is 101 Å². The monoisotopic (exact) mass is 1680 g/mol. The summed E-state index contributed by atoms with van der Waals surface area (Å²) in [6.07, 6.45) is 44.7. The molecule has 24 rings (SSSR count). The predicted octanol–water partition coefficient (Wildman–Crippen LogP) is 20.2. The molecule has 0 radical (unpaired) electrons. The van der Waals surface area contributed by atoms with Gasteiger partial charge in [-0.05, 0) is 229 Å². The van der Waals surface area contributed by atoms with Crippen molar-refractivity contribution in [3.05, 3.63) is 410 Å². The summed E-state index contributed by atoms with van der Waals surface area (Å²) in [5.41, 5.74) is 35.6. The van der Waals surface area contributed by atoms with Gasteiger partial charge in [-0.15, -0.1) is 0 Å². The first-order valence-corrected chi connectivity index (χ1v) is 42.7. The Hall–Kier alpha value is -16.1. The lowest BCUT2D eigenvalue weighted by Crippen LogP contribution is -2.25. The molecule has 0 bridgehead atoms. The second-order valence-corrected chi connectivity index (χ2v) is 34.5. The highest BCUT2D eigenvalue weighted by Crippen LogP contribution is 2.51. The number of fused-ring (bicyclic) bond motifs is 24. The Morgan fingerprint density at radius 2 is 0.469 bits per heavy atom. The van der Waals surface area contributed by atoms with Crippen LogP contribution in [0.2, 0.25) is 0 Å². The predicted molar refractivity (Wildman–Crippen MR) is 500 cm³/mol. The second kappa shape index (κ2) is 29.8. The number of methoxy groups -OCH3 is 2. The Kier molecular flexibility index (Phi) is 18.4. The number of hydrogen-bond donors (Lipinski definition) is 0. The van der Waals surface area contributed by atoms with Crippen molar-refractivity contribution in [3.63, 3.8) is 0 Å². The number of aryl methyl sites for hydroxylation is 6. The van der Waals surface area contributed by atoms with E-state index in [2.05, 4.69) is 142 Å². The van der Waals surface area contributed by atoms with Crippen molar-refractivity contribution in [3.8, 4) is 11.5 Å². The standard InChI is InChI=1S/C30H26N2O2.C28H22N2O2.C26H18N2O4.C26H18N2O2/c1-17(2)21-9-5-7-19-11-13-31-25(27(19)21)15-23(29(31)33)24-16-26-28-20(12-14-32(26)30(24)34)8-6-10-22(28)18(3)4;1-15-9-17(3)25-19(11-15)5-7-29-23(25)13-21(27(29)31)22-14-24-26-18(4)10-16(2)12-20(26)6-8-30(24)28(22)32;1-31-21-7-3-5-15-9-11-27-19(23(15)21)13-17(25(27)29)18-14-20-24-16(6-4-8-22(24)32-2)10-12-28(20)26(18)30;1-15-3-5-19-17(11-15)7-9-27-23(19)13-21(25(27)29)22-14-24-20-6-4-16(2)12-18(20)8-10-28(24)26(22)30/h5-18H,1-4H3;5-14H,1-4H3;3-14H,1-2H3;3-14H,1-2H3/b24-23+;22-21+;18-17+;22-21+. The van der Waals surface area contributed by atoms with Gasteiger partial charge < -0.3 is 9.47 Å². The van der Waals surface area contributed by atoms with Gasteiger partial charge in [0, 0.05) is 94.1 Å². The van der Waals surface area contributed by atoms with Crippen LogP contribution in [0.3, 0.4) is 0 Å². The van der Waals surface area contributed by atoms with E-state index in [1.807, 2.05) is 171 Å². The normalized spacial score (nSPS) is 20.2. The molecule has 0 unspecified atom stereocenters. The Morgan fingerprint density at radius 1 is 0.234 bits per heavy atom. The highest BCUT2D eigenvalue weighted by Gasteiger charge is 2.46. The molecule has 16 aliphatic rings. The van der Waals surface area contributed by atoms with Gasteiger partial charge in [-0.3, -0.25) is 77.6 Å². The van der Waals surface area contributed by atoms with Gasteiger partial charge in [0.25, 0.3) is 47.3 Å². The summed E-state index contributed by atoms with van der Waals surface area (Å²) < 4.78 is 11.1. The number of benzene rings is 8. The molecule has 0 aromatic heterocycles. The van der Waals surface area contributed by atoms with E-state index < -0.39 is 0 Å². The zero-order chi connectivity index (χ0) is 88.6. The third-order valence-corrected chi connectivity index (χ3v) is 25.9. The average Bonchev–Trinajstić information content (AvgIpc) is 1.59. The van der Waals surface area contributed by atoms with Crippen molar-refractivity contribution in [1.82, 2.24) is 39.2 Å². The van der Waals surface area contributed by atoms with Gasteiger partial charge in [0.15, 0.2) is 0 Å². The van der Waals surface area contributed by atoms with E-state index in [-0.39, 0.29) is 47.3 Å². The van der Waals surface area contributed by atoms with E-state index in [1.165, 1.54) is 33.4 Å². The Labute approximate surface area is 740 Å². The highest BCUT2D eigenvalue weighted by molar-refractivity contribution is 6.25. The fourth-order valence-corrected chi connectivity index (χ4v) is 19.9. The van der Waals surface area contributed by atoms with E-state index >= 15 is 0 Å². The van der Waals surface area contributed by atoms with Crippen LogP contribution in [0.1, 0.15) is 173 Å². The Bertz CT molecular complexity index is 6930. The van der Waals surface area contributed by atoms with E-state index in [9.17, 15) is 38.4 Å².